The highest BCUT2D eigenvalue weighted by Gasteiger charge is 2.13. The molecule has 0 unspecified atom stereocenters. The third-order valence-electron chi connectivity index (χ3n) is 3.86. The first-order valence-corrected chi connectivity index (χ1v) is 9.48. The van der Waals surface area contributed by atoms with Gasteiger partial charge in [-0.05, 0) is 49.2 Å². The summed E-state index contributed by atoms with van der Waals surface area (Å²) in [6, 6.07) is 12.3. The number of hydrogen-bond donors (Lipinski definition) is 2. The molecule has 2 aromatic rings. The third kappa shape index (κ3) is 6.14. The highest BCUT2D eigenvalue weighted by Crippen LogP contribution is 2.17. The maximum atomic E-state index is 12.1. The Morgan fingerprint density at radius 2 is 1.59 bits per heavy atom. The van der Waals surface area contributed by atoms with Crippen LogP contribution in [0.1, 0.15) is 21.5 Å². The van der Waals surface area contributed by atoms with Crippen LogP contribution < -0.4 is 10.6 Å². The van der Waals surface area contributed by atoms with E-state index in [1.807, 2.05) is 32.0 Å². The maximum absolute atomic E-state index is 12.1. The Hall–Kier alpha value is -2.80. The van der Waals surface area contributed by atoms with Gasteiger partial charge in [-0.25, -0.2) is 4.79 Å². The molecule has 2 N–H and O–H groups in total. The number of anilines is 2. The zero-order valence-electron chi connectivity index (χ0n) is 15.5. The Balaban J connectivity index is 1.81. The molecule has 2 rings (SSSR count). The molecule has 0 bridgehead atoms. The van der Waals surface area contributed by atoms with E-state index < -0.39 is 5.97 Å². The average Bonchev–Trinajstić information content (AvgIpc) is 2.64. The number of para-hydroxylation sites is 1. The minimum Gasteiger partial charge on any atom is -0.465 e. The van der Waals surface area contributed by atoms with Gasteiger partial charge in [0.2, 0.25) is 11.8 Å². The van der Waals surface area contributed by atoms with E-state index in [9.17, 15) is 14.4 Å². The standard InChI is InChI=1S/C20H22N2O4S/c1-13-8-9-15(10-14(13)2)21-18(23)11-27-12-19(24)22-17-7-5-4-6-16(17)20(25)26-3/h4-10H,11-12H2,1-3H3,(H,21,23)(H,22,24). The number of carbonyl (C=O) groups is 3. The minimum absolute atomic E-state index is 0.0931. The average molecular weight is 386 g/mol. The highest BCUT2D eigenvalue weighted by molar-refractivity contribution is 8.00. The van der Waals surface area contributed by atoms with Gasteiger partial charge in [0.1, 0.15) is 0 Å². The monoisotopic (exact) mass is 386 g/mol. The van der Waals surface area contributed by atoms with Crippen LogP contribution in [0.15, 0.2) is 42.5 Å². The zero-order chi connectivity index (χ0) is 19.8. The van der Waals surface area contributed by atoms with Crippen molar-refractivity contribution in [2.45, 2.75) is 13.8 Å². The van der Waals surface area contributed by atoms with Crippen LogP contribution in [0.2, 0.25) is 0 Å². The number of rotatable bonds is 7. The van der Waals surface area contributed by atoms with Gasteiger partial charge in [0.25, 0.3) is 0 Å². The molecule has 6 nitrogen and oxygen atoms in total. The van der Waals surface area contributed by atoms with E-state index in [2.05, 4.69) is 10.6 Å². The van der Waals surface area contributed by atoms with Gasteiger partial charge in [0.15, 0.2) is 0 Å². The second-order valence-corrected chi connectivity index (χ2v) is 6.91. The van der Waals surface area contributed by atoms with Gasteiger partial charge in [0, 0.05) is 5.69 Å². The topological polar surface area (TPSA) is 84.5 Å². The van der Waals surface area contributed by atoms with E-state index in [1.54, 1.807) is 24.3 Å². The Morgan fingerprint density at radius 1 is 0.926 bits per heavy atom. The molecule has 0 spiro atoms. The molecule has 0 radical (unpaired) electrons. The lowest BCUT2D eigenvalue weighted by Crippen LogP contribution is -2.19. The molecule has 7 heteroatoms. The number of benzene rings is 2. The summed E-state index contributed by atoms with van der Waals surface area (Å²) in [4.78, 5) is 35.8. The van der Waals surface area contributed by atoms with E-state index in [1.165, 1.54) is 18.9 Å². The van der Waals surface area contributed by atoms with Gasteiger partial charge in [-0.2, -0.15) is 0 Å². The fourth-order valence-electron chi connectivity index (χ4n) is 2.32. The lowest BCUT2D eigenvalue weighted by atomic mass is 10.1. The molecular weight excluding hydrogens is 364 g/mol. The Morgan fingerprint density at radius 3 is 2.26 bits per heavy atom. The Labute approximate surface area is 162 Å². The van der Waals surface area contributed by atoms with Crippen molar-refractivity contribution in [2.24, 2.45) is 0 Å². The SMILES string of the molecule is COC(=O)c1ccccc1NC(=O)CSCC(=O)Nc1ccc(C)c(C)c1. The normalized spacial score (nSPS) is 10.2. The fraction of sp³-hybridized carbons (Fsp3) is 0.250. The van der Waals surface area contributed by atoms with Crippen LogP contribution in [0.3, 0.4) is 0 Å². The van der Waals surface area contributed by atoms with Crippen molar-refractivity contribution in [3.05, 3.63) is 59.2 Å². The van der Waals surface area contributed by atoms with Gasteiger partial charge in [0.05, 0.1) is 29.9 Å². The first-order valence-electron chi connectivity index (χ1n) is 8.32. The van der Waals surface area contributed by atoms with Gasteiger partial charge in [-0.1, -0.05) is 18.2 Å². The first-order chi connectivity index (χ1) is 12.9. The molecule has 0 aliphatic carbocycles. The summed E-state index contributed by atoms with van der Waals surface area (Å²) >= 11 is 1.20. The predicted octanol–water partition coefficient (Wildman–Crippen LogP) is 3.40. The number of amides is 2. The molecule has 0 fully saturated rings. The van der Waals surface area contributed by atoms with Gasteiger partial charge < -0.3 is 15.4 Å². The molecule has 0 aliphatic rings. The number of hydrogen-bond acceptors (Lipinski definition) is 5. The Bertz CT molecular complexity index is 852. The van der Waals surface area contributed by atoms with Crippen LogP contribution in [-0.2, 0) is 14.3 Å². The van der Waals surface area contributed by atoms with Crippen LogP contribution in [0.5, 0.6) is 0 Å². The summed E-state index contributed by atoms with van der Waals surface area (Å²) in [5, 5.41) is 5.48. The summed E-state index contributed by atoms with van der Waals surface area (Å²) in [6.07, 6.45) is 0. The summed E-state index contributed by atoms with van der Waals surface area (Å²) in [7, 11) is 1.28. The quantitative estimate of drug-likeness (QED) is 0.713. The molecule has 0 saturated heterocycles. The fourth-order valence-corrected chi connectivity index (χ4v) is 2.94. The van der Waals surface area contributed by atoms with Crippen LogP contribution in [0.4, 0.5) is 11.4 Å². The van der Waals surface area contributed by atoms with Crippen molar-refractivity contribution < 1.29 is 19.1 Å². The van der Waals surface area contributed by atoms with Crippen molar-refractivity contribution in [1.82, 2.24) is 0 Å². The van der Waals surface area contributed by atoms with Crippen molar-refractivity contribution >= 4 is 40.9 Å². The first kappa shape index (κ1) is 20.5. The molecule has 2 aromatic carbocycles. The number of aryl methyl sites for hydroxylation is 2. The van der Waals surface area contributed by atoms with Gasteiger partial charge in [-0.3, -0.25) is 9.59 Å². The molecule has 27 heavy (non-hydrogen) atoms. The molecule has 0 saturated carbocycles. The van der Waals surface area contributed by atoms with Crippen LogP contribution in [0.25, 0.3) is 0 Å². The second kappa shape index (κ2) is 9.78. The summed E-state index contributed by atoms with van der Waals surface area (Å²) in [5.41, 5.74) is 3.66. The molecule has 0 heterocycles. The van der Waals surface area contributed by atoms with Gasteiger partial charge >= 0.3 is 5.97 Å². The highest BCUT2D eigenvalue weighted by atomic mass is 32.2. The van der Waals surface area contributed by atoms with E-state index in [4.69, 9.17) is 4.74 Å². The lowest BCUT2D eigenvalue weighted by molar-refractivity contribution is -0.114. The molecule has 0 aromatic heterocycles. The van der Waals surface area contributed by atoms with Crippen molar-refractivity contribution in [3.63, 3.8) is 0 Å². The molecular formula is C20H22N2O4S. The third-order valence-corrected chi connectivity index (χ3v) is 4.80. The van der Waals surface area contributed by atoms with Crippen LogP contribution in [-0.4, -0.2) is 36.4 Å². The summed E-state index contributed by atoms with van der Waals surface area (Å²) in [5.74, 6) is -0.748. The lowest BCUT2D eigenvalue weighted by Gasteiger charge is -2.10. The van der Waals surface area contributed by atoms with Crippen molar-refractivity contribution in [2.75, 3.05) is 29.2 Å². The maximum Gasteiger partial charge on any atom is 0.339 e. The molecule has 0 aliphatic heterocycles. The van der Waals surface area contributed by atoms with Gasteiger partial charge in [-0.15, -0.1) is 11.8 Å². The smallest absolute Gasteiger partial charge is 0.339 e. The second-order valence-electron chi connectivity index (χ2n) is 5.93. The number of esters is 1. The zero-order valence-corrected chi connectivity index (χ0v) is 16.3. The van der Waals surface area contributed by atoms with Crippen molar-refractivity contribution in [1.29, 1.82) is 0 Å². The van der Waals surface area contributed by atoms with E-state index >= 15 is 0 Å². The molecule has 142 valence electrons. The summed E-state index contributed by atoms with van der Waals surface area (Å²) < 4.78 is 4.70. The number of methoxy groups -OCH3 is 1. The number of carbonyl (C=O) groups excluding carboxylic acids is 3. The predicted molar refractivity (Wildman–Crippen MR) is 108 cm³/mol. The van der Waals surface area contributed by atoms with Crippen LogP contribution >= 0.6 is 11.8 Å². The molecule has 2 amide bonds. The largest absolute Gasteiger partial charge is 0.465 e. The van der Waals surface area contributed by atoms with E-state index in [-0.39, 0.29) is 28.9 Å². The molecule has 0 atom stereocenters. The van der Waals surface area contributed by atoms with Crippen molar-refractivity contribution in [3.8, 4) is 0 Å². The Kier molecular flexibility index (Phi) is 7.43. The minimum atomic E-state index is -0.522. The van der Waals surface area contributed by atoms with E-state index in [0.29, 0.717) is 5.69 Å². The number of thioether (sulfide) groups is 1. The number of nitrogens with one attached hydrogen (secondary N) is 2. The number of ether oxygens (including phenoxy) is 1. The summed E-state index contributed by atoms with van der Waals surface area (Å²) in [6.45, 7) is 3.99. The van der Waals surface area contributed by atoms with E-state index in [0.717, 1.165) is 16.8 Å². The van der Waals surface area contributed by atoms with Crippen LogP contribution in [0, 0.1) is 13.8 Å².